The second-order valence-electron chi connectivity index (χ2n) is 8.36. The number of rotatable bonds is 12. The summed E-state index contributed by atoms with van der Waals surface area (Å²) in [6.45, 7) is 6.11. The molecule has 0 aromatic heterocycles. The number of hydrogen-bond acceptors (Lipinski definition) is 3. The van der Waals surface area contributed by atoms with Crippen LogP contribution in [0.4, 0.5) is 0 Å². The lowest BCUT2D eigenvalue weighted by atomic mass is 10.0. The van der Waals surface area contributed by atoms with Crippen LogP contribution < -0.4 is 10.3 Å². The van der Waals surface area contributed by atoms with Crippen LogP contribution in [0.5, 0.6) is 0 Å². The van der Waals surface area contributed by atoms with Crippen LogP contribution in [0.1, 0.15) is 44.7 Å². The van der Waals surface area contributed by atoms with Gasteiger partial charge in [-0.25, -0.2) is 4.99 Å². The molecule has 2 rings (SSSR count). The predicted octanol–water partition coefficient (Wildman–Crippen LogP) is 3.08. The molecular formula is C26H35N2O3S+. The van der Waals surface area contributed by atoms with Crippen LogP contribution in [0.3, 0.4) is 0 Å². The fourth-order valence-electron chi connectivity index (χ4n) is 3.47. The molecular weight excluding hydrogens is 420 g/mol. The predicted molar refractivity (Wildman–Crippen MR) is 132 cm³/mol. The van der Waals surface area contributed by atoms with Crippen molar-refractivity contribution < 1.29 is 19.7 Å². The van der Waals surface area contributed by atoms with Crippen molar-refractivity contribution in [2.45, 2.75) is 57.7 Å². The minimum Gasteiger partial charge on any atom is -0.463 e. The van der Waals surface area contributed by atoms with Gasteiger partial charge in [0.2, 0.25) is 6.04 Å². The Balaban J connectivity index is 2.05. The smallest absolute Gasteiger partial charge is 0.346 e. The third-order valence-electron chi connectivity index (χ3n) is 5.05. The van der Waals surface area contributed by atoms with Gasteiger partial charge in [0, 0.05) is 19.9 Å². The summed E-state index contributed by atoms with van der Waals surface area (Å²) < 4.78 is 0. The Morgan fingerprint density at radius 3 is 2.06 bits per heavy atom. The molecule has 2 atom stereocenters. The maximum absolute atomic E-state index is 12.9. The van der Waals surface area contributed by atoms with E-state index in [1.807, 2.05) is 74.5 Å². The highest BCUT2D eigenvalue weighted by atomic mass is 32.2. The Labute approximate surface area is 195 Å². The van der Waals surface area contributed by atoms with Gasteiger partial charge in [-0.3, -0.25) is 9.59 Å². The van der Waals surface area contributed by atoms with E-state index in [1.165, 1.54) is 6.92 Å². The summed E-state index contributed by atoms with van der Waals surface area (Å²) in [6, 6.07) is 19.4. The second-order valence-corrected chi connectivity index (χ2v) is 9.74. The molecule has 2 aromatic rings. The van der Waals surface area contributed by atoms with Gasteiger partial charge < -0.3 is 10.4 Å². The molecule has 0 saturated heterocycles. The fourth-order valence-corrected chi connectivity index (χ4v) is 4.28. The molecule has 6 heteroatoms. The van der Waals surface area contributed by atoms with Gasteiger partial charge in [-0.2, -0.15) is 0 Å². The van der Waals surface area contributed by atoms with Crippen molar-refractivity contribution in [1.82, 2.24) is 5.32 Å². The van der Waals surface area contributed by atoms with E-state index < -0.39 is 11.3 Å². The molecule has 172 valence electrons. The van der Waals surface area contributed by atoms with Gasteiger partial charge in [0.1, 0.15) is 5.25 Å². The fraction of sp³-hybridized carbons (Fsp3) is 0.423. The Morgan fingerprint density at radius 2 is 1.53 bits per heavy atom. The summed E-state index contributed by atoms with van der Waals surface area (Å²) in [6.07, 6.45) is 2.65. The Hall–Kier alpha value is -2.60. The molecule has 0 radical (unpaired) electrons. The SMILES string of the molecule is CC(=O)SC(CCc1ccccc1)C(O)=[NH+]C(CC(C)C)C(=O)NCCc1ccccc1. The van der Waals surface area contributed by atoms with E-state index in [0.29, 0.717) is 19.4 Å². The van der Waals surface area contributed by atoms with E-state index >= 15 is 0 Å². The minimum absolute atomic E-state index is 0.00927. The summed E-state index contributed by atoms with van der Waals surface area (Å²) in [5.74, 6) is 0.115. The van der Waals surface area contributed by atoms with E-state index in [4.69, 9.17) is 0 Å². The molecule has 0 bridgehead atoms. The molecule has 0 saturated carbocycles. The lowest BCUT2D eigenvalue weighted by Gasteiger charge is -2.14. The molecule has 3 N–H and O–H groups in total. The van der Waals surface area contributed by atoms with Crippen molar-refractivity contribution in [3.63, 3.8) is 0 Å². The van der Waals surface area contributed by atoms with Crippen LogP contribution >= 0.6 is 11.8 Å². The summed E-state index contributed by atoms with van der Waals surface area (Å²) in [5.41, 5.74) is 2.31. The number of benzene rings is 2. The van der Waals surface area contributed by atoms with Gasteiger partial charge in [0.25, 0.3) is 5.91 Å². The molecule has 32 heavy (non-hydrogen) atoms. The lowest BCUT2D eigenvalue weighted by Crippen LogP contribution is -2.84. The average molecular weight is 456 g/mol. The quantitative estimate of drug-likeness (QED) is 0.339. The van der Waals surface area contributed by atoms with Crippen LogP contribution in [-0.4, -0.2) is 39.9 Å². The van der Waals surface area contributed by atoms with Crippen LogP contribution in [0.25, 0.3) is 0 Å². The van der Waals surface area contributed by atoms with Crippen molar-refractivity contribution in [3.8, 4) is 0 Å². The number of carbonyl (C=O) groups is 2. The molecule has 0 spiro atoms. The first kappa shape index (κ1) is 25.7. The van der Waals surface area contributed by atoms with Gasteiger partial charge in [-0.1, -0.05) is 86.3 Å². The van der Waals surface area contributed by atoms with Gasteiger partial charge >= 0.3 is 5.90 Å². The summed E-state index contributed by atoms with van der Waals surface area (Å²) in [4.78, 5) is 27.7. The standard InChI is InChI=1S/C26H34N2O3S/c1-19(2)18-23(25(30)27-17-16-22-12-8-5-9-13-22)28-26(31)24(32-20(3)29)15-14-21-10-6-4-7-11-21/h4-13,19,23-24H,14-18H2,1-3H3,(H,27,30)(H,28,31)/p+1. The number of aryl methyl sites for hydroxylation is 1. The van der Waals surface area contributed by atoms with Crippen LogP contribution in [0.15, 0.2) is 60.7 Å². The first-order valence-electron chi connectivity index (χ1n) is 11.2. The molecule has 0 aliphatic rings. The average Bonchev–Trinajstić information content (AvgIpc) is 2.77. The van der Waals surface area contributed by atoms with Crippen molar-refractivity contribution in [1.29, 1.82) is 0 Å². The Bertz CT molecular complexity index is 869. The zero-order valence-corrected chi connectivity index (χ0v) is 20.0. The molecule has 0 aliphatic carbocycles. The third-order valence-corrected chi connectivity index (χ3v) is 6.13. The number of amides is 1. The summed E-state index contributed by atoms with van der Waals surface area (Å²) >= 11 is 1.09. The third kappa shape index (κ3) is 9.69. The van der Waals surface area contributed by atoms with Crippen LogP contribution in [-0.2, 0) is 22.4 Å². The molecule has 0 fully saturated rings. The second kappa shape index (κ2) is 13.7. The Kier molecular flexibility index (Phi) is 11.0. The molecule has 0 heterocycles. The van der Waals surface area contributed by atoms with Gasteiger partial charge in [-0.15, -0.1) is 0 Å². The highest BCUT2D eigenvalue weighted by Crippen LogP contribution is 2.18. The maximum Gasteiger partial charge on any atom is 0.346 e. The minimum atomic E-state index is -0.558. The summed E-state index contributed by atoms with van der Waals surface area (Å²) in [5, 5.41) is 13.3. The first-order chi connectivity index (χ1) is 15.3. The zero-order chi connectivity index (χ0) is 23.3. The summed E-state index contributed by atoms with van der Waals surface area (Å²) in [7, 11) is 0. The van der Waals surface area contributed by atoms with Crippen molar-refractivity contribution >= 4 is 28.7 Å². The number of thioether (sulfide) groups is 1. The highest BCUT2D eigenvalue weighted by Gasteiger charge is 2.29. The zero-order valence-electron chi connectivity index (χ0n) is 19.2. The number of aliphatic hydroxyl groups is 1. The first-order valence-corrected chi connectivity index (χ1v) is 12.1. The number of nitrogens with one attached hydrogen (secondary N) is 2. The van der Waals surface area contributed by atoms with Crippen LogP contribution in [0, 0.1) is 5.92 Å². The van der Waals surface area contributed by atoms with E-state index in [1.54, 1.807) is 0 Å². The number of aliphatic hydroxyl groups excluding tert-OH is 1. The van der Waals surface area contributed by atoms with Crippen molar-refractivity contribution in [3.05, 3.63) is 71.8 Å². The Morgan fingerprint density at radius 1 is 0.969 bits per heavy atom. The van der Waals surface area contributed by atoms with E-state index in [0.717, 1.165) is 35.7 Å². The normalized spacial score (nSPS) is 13.6. The van der Waals surface area contributed by atoms with Crippen LogP contribution in [0.2, 0.25) is 0 Å². The molecule has 2 aromatic carbocycles. The highest BCUT2D eigenvalue weighted by molar-refractivity contribution is 8.14. The number of carbonyl (C=O) groups excluding carboxylic acids is 2. The van der Waals surface area contributed by atoms with Crippen molar-refractivity contribution in [2.75, 3.05) is 6.54 Å². The topological polar surface area (TPSA) is 80.4 Å². The largest absolute Gasteiger partial charge is 0.463 e. The molecule has 1 amide bonds. The molecule has 0 aliphatic heterocycles. The molecule has 2 unspecified atom stereocenters. The van der Waals surface area contributed by atoms with E-state index in [-0.39, 0.29) is 22.8 Å². The van der Waals surface area contributed by atoms with Gasteiger partial charge in [0.05, 0.1) is 0 Å². The monoisotopic (exact) mass is 455 g/mol. The van der Waals surface area contributed by atoms with Gasteiger partial charge in [-0.05, 0) is 36.3 Å². The molecule has 5 nitrogen and oxygen atoms in total. The maximum atomic E-state index is 12.9. The number of hydrogen-bond donors (Lipinski definition) is 3. The van der Waals surface area contributed by atoms with E-state index in [2.05, 4.69) is 10.3 Å². The van der Waals surface area contributed by atoms with Crippen molar-refractivity contribution in [2.24, 2.45) is 5.92 Å². The lowest BCUT2D eigenvalue weighted by molar-refractivity contribution is -0.499. The van der Waals surface area contributed by atoms with Gasteiger partial charge in [0.15, 0.2) is 5.12 Å². The van der Waals surface area contributed by atoms with E-state index in [9.17, 15) is 14.7 Å².